The van der Waals surface area contributed by atoms with Crippen LogP contribution in [0.4, 0.5) is 10.1 Å². The summed E-state index contributed by atoms with van der Waals surface area (Å²) in [4.78, 5) is 0.104. The van der Waals surface area contributed by atoms with E-state index in [1.807, 2.05) is 30.0 Å². The average molecular weight is 296 g/mol. The molecule has 0 aliphatic heterocycles. The summed E-state index contributed by atoms with van der Waals surface area (Å²) in [6, 6.07) is 5.69. The lowest BCUT2D eigenvalue weighted by atomic mass is 10.3. The quantitative estimate of drug-likeness (QED) is 0.863. The van der Waals surface area contributed by atoms with Crippen LogP contribution in [0.5, 0.6) is 0 Å². The van der Waals surface area contributed by atoms with Crippen LogP contribution in [0, 0.1) is 5.82 Å². The number of sulfone groups is 1. The normalized spacial score (nSPS) is 11.6. The van der Waals surface area contributed by atoms with Crippen LogP contribution in [-0.4, -0.2) is 19.2 Å². The van der Waals surface area contributed by atoms with Gasteiger partial charge in [0.2, 0.25) is 0 Å². The molecule has 0 spiro atoms. The summed E-state index contributed by atoms with van der Waals surface area (Å²) < 4.78 is 38.6. The van der Waals surface area contributed by atoms with Crippen molar-refractivity contribution in [2.45, 2.75) is 24.9 Å². The fourth-order valence-corrected chi connectivity index (χ4v) is 2.51. The van der Waals surface area contributed by atoms with Gasteiger partial charge in [-0.1, -0.05) is 0 Å². The average Bonchev–Trinajstić information content (AvgIpc) is 2.84. The number of nitrogens with one attached hydrogen (secondary N) is 1. The van der Waals surface area contributed by atoms with E-state index in [0.717, 1.165) is 24.4 Å². The Morgan fingerprint density at radius 2 is 2.05 bits per heavy atom. The predicted molar refractivity (Wildman–Crippen MR) is 76.9 cm³/mol. The van der Waals surface area contributed by atoms with Crippen LogP contribution in [0.3, 0.4) is 0 Å². The maximum Gasteiger partial charge on any atom is 0.175 e. The lowest BCUT2D eigenvalue weighted by Gasteiger charge is -2.08. The highest BCUT2D eigenvalue weighted by Crippen LogP contribution is 2.20. The van der Waals surface area contributed by atoms with Crippen molar-refractivity contribution in [2.24, 2.45) is 0 Å². The van der Waals surface area contributed by atoms with Gasteiger partial charge in [-0.25, -0.2) is 12.8 Å². The molecule has 2 rings (SSSR count). The van der Waals surface area contributed by atoms with Gasteiger partial charge in [0.1, 0.15) is 5.82 Å². The third-order valence-electron chi connectivity index (χ3n) is 3.03. The summed E-state index contributed by atoms with van der Waals surface area (Å²) >= 11 is 0. The van der Waals surface area contributed by atoms with Crippen molar-refractivity contribution in [2.75, 3.05) is 11.6 Å². The molecule has 108 valence electrons. The van der Waals surface area contributed by atoms with Gasteiger partial charge in [-0.05, 0) is 36.8 Å². The molecule has 0 bridgehead atoms. The number of anilines is 1. The first kappa shape index (κ1) is 14.6. The molecule has 0 aliphatic rings. The zero-order chi connectivity index (χ0) is 14.8. The smallest absolute Gasteiger partial charge is 0.175 e. The van der Waals surface area contributed by atoms with E-state index in [9.17, 15) is 12.8 Å². The Morgan fingerprint density at radius 1 is 1.30 bits per heavy atom. The first-order valence-corrected chi connectivity index (χ1v) is 8.17. The number of nitrogens with zero attached hydrogens (tertiary/aromatic N) is 1. The number of benzene rings is 1. The van der Waals surface area contributed by atoms with Crippen LogP contribution in [0.15, 0.2) is 41.6 Å². The second-order valence-corrected chi connectivity index (χ2v) is 6.63. The molecular weight excluding hydrogens is 279 g/mol. The Bertz CT molecular complexity index is 708. The van der Waals surface area contributed by atoms with Gasteiger partial charge < -0.3 is 9.88 Å². The summed E-state index contributed by atoms with van der Waals surface area (Å²) in [6.45, 7) is 3.35. The highest BCUT2D eigenvalue weighted by molar-refractivity contribution is 7.90. The van der Waals surface area contributed by atoms with Gasteiger partial charge in [-0.3, -0.25) is 0 Å². The molecule has 0 saturated heterocycles. The number of aromatic nitrogens is 1. The summed E-state index contributed by atoms with van der Waals surface area (Å²) in [5.41, 5.74) is 1.20. The van der Waals surface area contributed by atoms with Crippen LogP contribution >= 0.6 is 0 Å². The molecule has 1 N–H and O–H groups in total. The van der Waals surface area contributed by atoms with Crippen LogP contribution in [0.1, 0.15) is 12.5 Å². The van der Waals surface area contributed by atoms with E-state index >= 15 is 0 Å². The molecule has 0 fully saturated rings. The van der Waals surface area contributed by atoms with Crippen molar-refractivity contribution in [1.29, 1.82) is 0 Å². The number of halogens is 1. The third kappa shape index (κ3) is 3.39. The monoisotopic (exact) mass is 296 g/mol. The predicted octanol–water partition coefficient (Wildman–Crippen LogP) is 2.66. The molecule has 0 saturated carbocycles. The van der Waals surface area contributed by atoms with Crippen molar-refractivity contribution in [3.8, 4) is 0 Å². The van der Waals surface area contributed by atoms with E-state index < -0.39 is 15.7 Å². The van der Waals surface area contributed by atoms with Gasteiger partial charge in [0, 0.05) is 31.7 Å². The largest absolute Gasteiger partial charge is 0.379 e. The molecule has 20 heavy (non-hydrogen) atoms. The van der Waals surface area contributed by atoms with E-state index in [2.05, 4.69) is 5.32 Å². The minimum absolute atomic E-state index is 0.104. The highest BCUT2D eigenvalue weighted by Gasteiger charge is 2.11. The Balaban J connectivity index is 2.16. The molecule has 0 unspecified atom stereocenters. The summed E-state index contributed by atoms with van der Waals surface area (Å²) in [6.07, 6.45) is 5.01. The van der Waals surface area contributed by atoms with E-state index in [1.165, 1.54) is 12.1 Å². The zero-order valence-corrected chi connectivity index (χ0v) is 12.2. The zero-order valence-electron chi connectivity index (χ0n) is 11.4. The molecule has 2 aromatic rings. The Morgan fingerprint density at radius 3 is 2.65 bits per heavy atom. The third-order valence-corrected chi connectivity index (χ3v) is 4.14. The van der Waals surface area contributed by atoms with Gasteiger partial charge in [0.05, 0.1) is 10.6 Å². The first-order valence-electron chi connectivity index (χ1n) is 6.28. The fraction of sp³-hybridized carbons (Fsp3) is 0.286. The second kappa shape index (κ2) is 5.66. The number of hydrogen-bond acceptors (Lipinski definition) is 3. The molecule has 0 aliphatic carbocycles. The molecule has 0 atom stereocenters. The molecule has 4 nitrogen and oxygen atoms in total. The van der Waals surface area contributed by atoms with E-state index in [1.54, 1.807) is 0 Å². The maximum absolute atomic E-state index is 13.7. The lowest BCUT2D eigenvalue weighted by molar-refractivity contribution is 0.600. The topological polar surface area (TPSA) is 51.1 Å². The first-order chi connectivity index (χ1) is 9.40. The van der Waals surface area contributed by atoms with Gasteiger partial charge in [-0.15, -0.1) is 0 Å². The molecule has 1 aromatic carbocycles. The van der Waals surface area contributed by atoms with Crippen LogP contribution in [0.2, 0.25) is 0 Å². The number of aryl methyl sites for hydroxylation is 1. The molecule has 1 aromatic heterocycles. The van der Waals surface area contributed by atoms with Crippen LogP contribution < -0.4 is 5.32 Å². The summed E-state index contributed by atoms with van der Waals surface area (Å²) in [7, 11) is -3.34. The van der Waals surface area contributed by atoms with Crippen LogP contribution in [0.25, 0.3) is 0 Å². The molecule has 1 heterocycles. The van der Waals surface area contributed by atoms with Gasteiger partial charge in [0.15, 0.2) is 9.84 Å². The fourth-order valence-electron chi connectivity index (χ4n) is 1.86. The van der Waals surface area contributed by atoms with Crippen molar-refractivity contribution in [3.05, 3.63) is 48.0 Å². The SMILES string of the molecule is CCn1ccc(CNc2cc(S(C)(=O)=O)ccc2F)c1. The van der Waals surface area contributed by atoms with Crippen LogP contribution in [-0.2, 0) is 22.9 Å². The second-order valence-electron chi connectivity index (χ2n) is 4.62. The van der Waals surface area contributed by atoms with Crippen molar-refractivity contribution in [1.82, 2.24) is 4.57 Å². The van der Waals surface area contributed by atoms with Gasteiger partial charge >= 0.3 is 0 Å². The Labute approximate surface area is 118 Å². The Hall–Kier alpha value is -1.82. The minimum atomic E-state index is -3.34. The standard InChI is InChI=1S/C14H17FN2O2S/c1-3-17-7-6-11(10-17)9-16-14-8-12(20(2,18)19)4-5-13(14)15/h4-8,10,16H,3,9H2,1-2H3. The minimum Gasteiger partial charge on any atom is -0.379 e. The van der Waals surface area contributed by atoms with E-state index in [4.69, 9.17) is 0 Å². The van der Waals surface area contributed by atoms with Gasteiger partial charge in [-0.2, -0.15) is 0 Å². The summed E-state index contributed by atoms with van der Waals surface area (Å²) in [5, 5.41) is 2.93. The summed E-state index contributed by atoms with van der Waals surface area (Å²) in [5.74, 6) is -0.465. The van der Waals surface area contributed by atoms with E-state index in [0.29, 0.717) is 6.54 Å². The molecule has 0 radical (unpaired) electrons. The number of hydrogen-bond donors (Lipinski definition) is 1. The van der Waals surface area contributed by atoms with E-state index in [-0.39, 0.29) is 10.6 Å². The Kier molecular flexibility index (Phi) is 4.13. The van der Waals surface area contributed by atoms with Crippen molar-refractivity contribution in [3.63, 3.8) is 0 Å². The molecule has 6 heteroatoms. The number of rotatable bonds is 5. The highest BCUT2D eigenvalue weighted by atomic mass is 32.2. The van der Waals surface area contributed by atoms with Gasteiger partial charge in [0.25, 0.3) is 0 Å². The van der Waals surface area contributed by atoms with Crippen molar-refractivity contribution >= 4 is 15.5 Å². The lowest BCUT2D eigenvalue weighted by Crippen LogP contribution is -2.04. The van der Waals surface area contributed by atoms with Crippen molar-refractivity contribution < 1.29 is 12.8 Å². The maximum atomic E-state index is 13.7. The molecular formula is C14H17FN2O2S. The molecule has 0 amide bonds.